The molecule has 1 heterocycles. The number of nitrogens with zero attached hydrogens (tertiary/aromatic N) is 2. The van der Waals surface area contributed by atoms with E-state index in [1.165, 1.54) is 13.3 Å². The van der Waals surface area contributed by atoms with Gasteiger partial charge in [0.25, 0.3) is 0 Å². The van der Waals surface area contributed by atoms with Crippen LogP contribution in [-0.4, -0.2) is 22.9 Å². The number of ether oxygens (including phenoxy) is 2. The minimum atomic E-state index is -0.386. The molecule has 0 fully saturated rings. The van der Waals surface area contributed by atoms with Crippen molar-refractivity contribution >= 4 is 5.97 Å². The summed E-state index contributed by atoms with van der Waals surface area (Å²) in [6.45, 7) is 0.572. The zero-order valence-corrected chi connectivity index (χ0v) is 12.7. The molecule has 5 nitrogen and oxygen atoms in total. The Hall–Kier alpha value is -3.08. The highest BCUT2D eigenvalue weighted by atomic mass is 16.5. The number of esters is 1. The first-order valence-electron chi connectivity index (χ1n) is 7.17. The predicted octanol–water partition coefficient (Wildman–Crippen LogP) is 3.51. The molecule has 0 spiro atoms. The van der Waals surface area contributed by atoms with Crippen molar-refractivity contribution in [1.82, 2.24) is 9.78 Å². The maximum absolute atomic E-state index is 11.4. The van der Waals surface area contributed by atoms with E-state index >= 15 is 0 Å². The van der Waals surface area contributed by atoms with E-state index in [1.807, 2.05) is 54.6 Å². The van der Waals surface area contributed by atoms with Crippen LogP contribution in [0, 0.1) is 0 Å². The number of hydrogen-bond acceptors (Lipinski definition) is 4. The lowest BCUT2D eigenvalue weighted by atomic mass is 10.2. The van der Waals surface area contributed by atoms with Gasteiger partial charge in [-0.1, -0.05) is 30.3 Å². The molecular formula is C18H16N2O3. The summed E-state index contributed by atoms with van der Waals surface area (Å²) in [4.78, 5) is 11.4. The first-order valence-corrected chi connectivity index (χ1v) is 7.17. The summed E-state index contributed by atoms with van der Waals surface area (Å²) < 4.78 is 12.1. The topological polar surface area (TPSA) is 53.3 Å². The number of hydrogen-bond donors (Lipinski definition) is 0. The van der Waals surface area contributed by atoms with Gasteiger partial charge in [-0.15, -0.1) is 0 Å². The summed E-state index contributed by atoms with van der Waals surface area (Å²) in [6, 6.07) is 17.4. The molecule has 23 heavy (non-hydrogen) atoms. The van der Waals surface area contributed by atoms with Crippen molar-refractivity contribution in [2.75, 3.05) is 7.11 Å². The van der Waals surface area contributed by atoms with E-state index in [0.29, 0.717) is 12.1 Å². The van der Waals surface area contributed by atoms with Crippen LogP contribution in [0.15, 0.2) is 67.0 Å². The summed E-state index contributed by atoms with van der Waals surface area (Å²) in [5, 5.41) is 4.16. The van der Waals surface area contributed by atoms with Crippen molar-refractivity contribution in [2.45, 2.75) is 6.54 Å². The standard InChI is InChI=1S/C18H16N2O3/c1-22-18(21)15-11-19-20(13-15)12-14-7-9-17(10-8-14)23-16-5-3-2-4-6-16/h2-11,13H,12H2,1H3. The van der Waals surface area contributed by atoms with Gasteiger partial charge in [0.15, 0.2) is 0 Å². The van der Waals surface area contributed by atoms with Crippen LogP contribution in [0.4, 0.5) is 0 Å². The van der Waals surface area contributed by atoms with Crippen molar-refractivity contribution in [3.63, 3.8) is 0 Å². The lowest BCUT2D eigenvalue weighted by Crippen LogP contribution is -2.01. The van der Waals surface area contributed by atoms with Gasteiger partial charge in [0, 0.05) is 6.20 Å². The number of rotatable bonds is 5. The molecule has 1 aromatic heterocycles. The van der Waals surface area contributed by atoms with Crippen molar-refractivity contribution < 1.29 is 14.3 Å². The Bertz CT molecular complexity index is 780. The molecule has 0 atom stereocenters. The third-order valence-electron chi connectivity index (χ3n) is 3.30. The molecule has 2 aromatic carbocycles. The fourth-order valence-corrected chi connectivity index (χ4v) is 2.15. The Labute approximate surface area is 134 Å². The van der Waals surface area contributed by atoms with Gasteiger partial charge in [0.05, 0.1) is 25.4 Å². The van der Waals surface area contributed by atoms with Gasteiger partial charge < -0.3 is 9.47 Å². The minimum Gasteiger partial charge on any atom is -0.465 e. The Kier molecular flexibility index (Phi) is 4.38. The second-order valence-electron chi connectivity index (χ2n) is 4.98. The van der Waals surface area contributed by atoms with Gasteiger partial charge >= 0.3 is 5.97 Å². The second-order valence-corrected chi connectivity index (χ2v) is 4.98. The van der Waals surface area contributed by atoms with E-state index in [2.05, 4.69) is 9.84 Å². The van der Waals surface area contributed by atoms with Crippen molar-refractivity contribution in [2.24, 2.45) is 0 Å². The molecule has 0 bridgehead atoms. The molecule has 0 N–H and O–H groups in total. The van der Waals surface area contributed by atoms with Crippen LogP contribution in [0.1, 0.15) is 15.9 Å². The summed E-state index contributed by atoms with van der Waals surface area (Å²) in [5.41, 5.74) is 1.50. The molecule has 0 saturated carbocycles. The molecule has 0 saturated heterocycles. The average molecular weight is 308 g/mol. The quantitative estimate of drug-likeness (QED) is 0.677. The van der Waals surface area contributed by atoms with E-state index in [0.717, 1.165) is 17.1 Å². The first kappa shape index (κ1) is 14.8. The van der Waals surface area contributed by atoms with Crippen LogP contribution in [0.25, 0.3) is 0 Å². The molecule has 0 amide bonds. The Balaban J connectivity index is 1.65. The van der Waals surface area contributed by atoms with Crippen LogP contribution in [0.3, 0.4) is 0 Å². The summed E-state index contributed by atoms with van der Waals surface area (Å²) >= 11 is 0. The highest BCUT2D eigenvalue weighted by Crippen LogP contribution is 2.21. The SMILES string of the molecule is COC(=O)c1cnn(Cc2ccc(Oc3ccccc3)cc2)c1. The molecule has 5 heteroatoms. The Morgan fingerprint density at radius 3 is 2.43 bits per heavy atom. The summed E-state index contributed by atoms with van der Waals surface area (Å²) in [7, 11) is 1.35. The van der Waals surface area contributed by atoms with Crippen molar-refractivity contribution in [1.29, 1.82) is 0 Å². The average Bonchev–Trinajstić information content (AvgIpc) is 3.05. The molecule has 0 radical (unpaired) electrons. The summed E-state index contributed by atoms with van der Waals surface area (Å²) in [6.07, 6.45) is 3.17. The van der Waals surface area contributed by atoms with Crippen LogP contribution in [0.2, 0.25) is 0 Å². The van der Waals surface area contributed by atoms with Crippen LogP contribution in [-0.2, 0) is 11.3 Å². The molecule has 116 valence electrons. The third-order valence-corrected chi connectivity index (χ3v) is 3.30. The number of carbonyl (C=O) groups excluding carboxylic acids is 1. The largest absolute Gasteiger partial charge is 0.465 e. The number of methoxy groups -OCH3 is 1. The van der Waals surface area contributed by atoms with Gasteiger partial charge in [0.1, 0.15) is 11.5 Å². The van der Waals surface area contributed by atoms with Crippen LogP contribution in [0.5, 0.6) is 11.5 Å². The molecule has 3 aromatic rings. The smallest absolute Gasteiger partial charge is 0.341 e. The lowest BCUT2D eigenvalue weighted by Gasteiger charge is -2.07. The van der Waals surface area contributed by atoms with Gasteiger partial charge in [-0.05, 0) is 29.8 Å². The van der Waals surface area contributed by atoms with E-state index in [-0.39, 0.29) is 5.97 Å². The number of para-hydroxylation sites is 1. The molecule has 3 rings (SSSR count). The summed E-state index contributed by atoms with van der Waals surface area (Å²) in [5.74, 6) is 1.19. The lowest BCUT2D eigenvalue weighted by molar-refractivity contribution is 0.0600. The van der Waals surface area contributed by atoms with Crippen LogP contribution < -0.4 is 4.74 Å². The van der Waals surface area contributed by atoms with Gasteiger partial charge in [-0.3, -0.25) is 4.68 Å². The fourth-order valence-electron chi connectivity index (χ4n) is 2.15. The first-order chi connectivity index (χ1) is 11.2. The van der Waals surface area contributed by atoms with Gasteiger partial charge in [-0.2, -0.15) is 5.10 Å². The Morgan fingerprint density at radius 1 is 1.04 bits per heavy atom. The van der Waals surface area contributed by atoms with Crippen molar-refractivity contribution in [3.8, 4) is 11.5 Å². The zero-order chi connectivity index (χ0) is 16.1. The maximum Gasteiger partial charge on any atom is 0.341 e. The number of benzene rings is 2. The molecule has 0 aliphatic carbocycles. The van der Waals surface area contributed by atoms with Crippen molar-refractivity contribution in [3.05, 3.63) is 78.1 Å². The maximum atomic E-state index is 11.4. The van der Waals surface area contributed by atoms with Gasteiger partial charge in [-0.25, -0.2) is 4.79 Å². The number of carbonyl (C=O) groups is 1. The Morgan fingerprint density at radius 2 is 1.74 bits per heavy atom. The fraction of sp³-hybridized carbons (Fsp3) is 0.111. The number of aromatic nitrogens is 2. The minimum absolute atomic E-state index is 0.386. The normalized spacial score (nSPS) is 10.3. The zero-order valence-electron chi connectivity index (χ0n) is 12.7. The van der Waals surface area contributed by atoms with E-state index in [1.54, 1.807) is 10.9 Å². The highest BCUT2D eigenvalue weighted by molar-refractivity contribution is 5.88. The van der Waals surface area contributed by atoms with Crippen LogP contribution >= 0.6 is 0 Å². The van der Waals surface area contributed by atoms with Gasteiger partial charge in [0.2, 0.25) is 0 Å². The van der Waals surface area contributed by atoms with E-state index in [4.69, 9.17) is 4.74 Å². The van der Waals surface area contributed by atoms with E-state index in [9.17, 15) is 4.79 Å². The molecule has 0 aliphatic rings. The second kappa shape index (κ2) is 6.79. The third kappa shape index (κ3) is 3.77. The molecular weight excluding hydrogens is 292 g/mol. The highest BCUT2D eigenvalue weighted by Gasteiger charge is 2.08. The molecule has 0 unspecified atom stereocenters. The molecule has 0 aliphatic heterocycles. The monoisotopic (exact) mass is 308 g/mol. The van der Waals surface area contributed by atoms with E-state index < -0.39 is 0 Å². The predicted molar refractivity (Wildman–Crippen MR) is 85.6 cm³/mol.